The van der Waals surface area contributed by atoms with Gasteiger partial charge in [0.25, 0.3) is 0 Å². The van der Waals surface area contributed by atoms with E-state index in [9.17, 15) is 0 Å². The van der Waals surface area contributed by atoms with E-state index >= 15 is 0 Å². The monoisotopic (exact) mass is 262 g/mol. The lowest BCUT2D eigenvalue weighted by atomic mass is 10.0. The first-order valence-corrected chi connectivity index (χ1v) is 6.75. The second-order valence-corrected chi connectivity index (χ2v) is 5.64. The van der Waals surface area contributed by atoms with E-state index in [-0.39, 0.29) is 6.04 Å². The third kappa shape index (κ3) is 3.11. The van der Waals surface area contributed by atoms with Gasteiger partial charge in [0.1, 0.15) is 6.33 Å². The largest absolute Gasteiger partial charge is 0.328 e. The molecular weight excluding hydrogens is 244 g/mol. The van der Waals surface area contributed by atoms with E-state index in [1.165, 1.54) is 16.0 Å². The van der Waals surface area contributed by atoms with Gasteiger partial charge < -0.3 is 10.3 Å². The Morgan fingerprint density at radius 1 is 1.44 bits per heavy atom. The Balaban J connectivity index is 2.16. The molecule has 1 heterocycles. The zero-order chi connectivity index (χ0) is 13.1. The number of hydrogen-bond acceptors (Lipinski definition) is 4. The van der Waals surface area contributed by atoms with E-state index in [4.69, 9.17) is 5.73 Å². The lowest BCUT2D eigenvalue weighted by Crippen LogP contribution is -2.18. The van der Waals surface area contributed by atoms with Gasteiger partial charge in [0.2, 0.25) is 0 Å². The summed E-state index contributed by atoms with van der Waals surface area (Å²) in [6, 6.07) is 6.64. The Bertz CT molecular complexity index is 534. The number of benzene rings is 1. The van der Waals surface area contributed by atoms with E-state index in [2.05, 4.69) is 35.3 Å². The van der Waals surface area contributed by atoms with E-state index in [0.717, 1.165) is 11.6 Å². The molecule has 5 heteroatoms. The predicted octanol–water partition coefficient (Wildman–Crippen LogP) is 2.16. The molecule has 0 amide bonds. The van der Waals surface area contributed by atoms with Crippen molar-refractivity contribution in [3.8, 4) is 0 Å². The quantitative estimate of drug-likeness (QED) is 0.917. The number of aryl methyl sites for hydroxylation is 2. The Labute approximate surface area is 112 Å². The van der Waals surface area contributed by atoms with Crippen LogP contribution in [0.25, 0.3) is 0 Å². The molecule has 4 nitrogen and oxygen atoms in total. The maximum atomic E-state index is 5.83. The van der Waals surface area contributed by atoms with Crippen molar-refractivity contribution in [2.24, 2.45) is 12.8 Å². The summed E-state index contributed by atoms with van der Waals surface area (Å²) in [7, 11) is 1.94. The number of aromatic nitrogens is 3. The number of nitrogens with zero attached hydrogens (tertiary/aromatic N) is 3. The first kappa shape index (κ1) is 13.1. The van der Waals surface area contributed by atoms with E-state index in [1.54, 1.807) is 18.1 Å². The number of nitrogens with two attached hydrogens (primary N) is 1. The molecule has 2 N–H and O–H groups in total. The Hall–Kier alpha value is -1.33. The molecule has 96 valence electrons. The van der Waals surface area contributed by atoms with E-state index in [0.29, 0.717) is 0 Å². The van der Waals surface area contributed by atoms with Crippen LogP contribution in [0.1, 0.15) is 18.1 Å². The standard InChI is InChI=1S/C13H18N4S/c1-9-6-12(5-4-11(9)7-10(2)14)18-13-16-15-8-17(13)3/h4-6,8,10H,7,14H2,1-3H3. The van der Waals surface area contributed by atoms with Crippen LogP contribution < -0.4 is 5.73 Å². The van der Waals surface area contributed by atoms with Crippen LogP contribution in [-0.4, -0.2) is 20.8 Å². The highest BCUT2D eigenvalue weighted by Gasteiger charge is 2.06. The highest BCUT2D eigenvalue weighted by atomic mass is 32.2. The smallest absolute Gasteiger partial charge is 0.195 e. The second kappa shape index (κ2) is 5.54. The molecule has 0 bridgehead atoms. The molecule has 0 saturated carbocycles. The lowest BCUT2D eigenvalue weighted by molar-refractivity contribution is 0.734. The van der Waals surface area contributed by atoms with Gasteiger partial charge in [-0.05, 0) is 55.3 Å². The van der Waals surface area contributed by atoms with Crippen molar-refractivity contribution in [1.82, 2.24) is 14.8 Å². The van der Waals surface area contributed by atoms with E-state index in [1.807, 2.05) is 18.5 Å². The molecule has 2 rings (SSSR count). The first-order chi connectivity index (χ1) is 8.56. The van der Waals surface area contributed by atoms with Crippen LogP contribution in [0.2, 0.25) is 0 Å². The summed E-state index contributed by atoms with van der Waals surface area (Å²) in [4.78, 5) is 1.18. The molecule has 1 unspecified atom stereocenters. The fraction of sp³-hybridized carbons (Fsp3) is 0.385. The molecule has 0 fully saturated rings. The Kier molecular flexibility index (Phi) is 4.04. The van der Waals surface area contributed by atoms with Crippen LogP contribution >= 0.6 is 11.8 Å². The summed E-state index contributed by atoms with van der Waals surface area (Å²) >= 11 is 1.62. The van der Waals surface area contributed by atoms with Gasteiger partial charge in [0, 0.05) is 18.0 Å². The van der Waals surface area contributed by atoms with Crippen LogP contribution in [-0.2, 0) is 13.5 Å². The molecule has 0 saturated heterocycles. The van der Waals surface area contributed by atoms with Crippen LogP contribution in [0.4, 0.5) is 0 Å². The molecule has 2 aromatic rings. The van der Waals surface area contributed by atoms with Crippen molar-refractivity contribution in [2.45, 2.75) is 36.4 Å². The van der Waals surface area contributed by atoms with Crippen LogP contribution in [0.5, 0.6) is 0 Å². The molecule has 0 aliphatic heterocycles. The fourth-order valence-electron chi connectivity index (χ4n) is 1.78. The van der Waals surface area contributed by atoms with Crippen molar-refractivity contribution in [3.63, 3.8) is 0 Å². The van der Waals surface area contributed by atoms with Crippen molar-refractivity contribution in [1.29, 1.82) is 0 Å². The van der Waals surface area contributed by atoms with Crippen molar-refractivity contribution in [3.05, 3.63) is 35.7 Å². The number of hydrogen-bond donors (Lipinski definition) is 1. The molecule has 0 aliphatic carbocycles. The summed E-state index contributed by atoms with van der Waals surface area (Å²) in [6.07, 6.45) is 2.63. The predicted molar refractivity (Wildman–Crippen MR) is 73.7 cm³/mol. The van der Waals surface area contributed by atoms with Crippen molar-refractivity contribution in [2.75, 3.05) is 0 Å². The lowest BCUT2D eigenvalue weighted by Gasteiger charge is -2.10. The van der Waals surface area contributed by atoms with Crippen molar-refractivity contribution >= 4 is 11.8 Å². The second-order valence-electron chi connectivity index (χ2n) is 4.60. The van der Waals surface area contributed by atoms with Gasteiger partial charge in [-0.25, -0.2) is 0 Å². The van der Waals surface area contributed by atoms with Gasteiger partial charge >= 0.3 is 0 Å². The minimum atomic E-state index is 0.195. The third-order valence-electron chi connectivity index (χ3n) is 2.73. The van der Waals surface area contributed by atoms with Gasteiger partial charge in [0.05, 0.1) is 0 Å². The van der Waals surface area contributed by atoms with Crippen LogP contribution in [0.3, 0.4) is 0 Å². The SMILES string of the molecule is Cc1cc(Sc2nncn2C)ccc1CC(C)N. The summed E-state index contributed by atoms with van der Waals surface area (Å²) in [5.41, 5.74) is 8.42. The van der Waals surface area contributed by atoms with Gasteiger partial charge in [-0.1, -0.05) is 6.07 Å². The molecule has 0 radical (unpaired) electrons. The van der Waals surface area contributed by atoms with Crippen molar-refractivity contribution < 1.29 is 0 Å². The maximum Gasteiger partial charge on any atom is 0.195 e. The maximum absolute atomic E-state index is 5.83. The Morgan fingerprint density at radius 3 is 2.78 bits per heavy atom. The molecule has 1 aromatic carbocycles. The molecule has 0 aliphatic rings. The van der Waals surface area contributed by atoms with Gasteiger partial charge in [-0.2, -0.15) is 0 Å². The summed E-state index contributed by atoms with van der Waals surface area (Å²) < 4.78 is 1.91. The minimum absolute atomic E-state index is 0.195. The summed E-state index contributed by atoms with van der Waals surface area (Å²) in [5, 5.41) is 8.84. The van der Waals surface area contributed by atoms with Gasteiger partial charge in [-0.3, -0.25) is 0 Å². The highest BCUT2D eigenvalue weighted by molar-refractivity contribution is 7.99. The molecule has 18 heavy (non-hydrogen) atoms. The van der Waals surface area contributed by atoms with Crippen LogP contribution in [0, 0.1) is 6.92 Å². The average Bonchev–Trinajstić information content (AvgIpc) is 2.68. The van der Waals surface area contributed by atoms with Crippen LogP contribution in [0.15, 0.2) is 34.6 Å². The topological polar surface area (TPSA) is 56.7 Å². The first-order valence-electron chi connectivity index (χ1n) is 5.93. The van der Waals surface area contributed by atoms with E-state index < -0.39 is 0 Å². The normalized spacial score (nSPS) is 12.7. The molecular formula is C13H18N4S. The molecule has 1 atom stereocenters. The fourth-order valence-corrected chi connectivity index (χ4v) is 2.64. The summed E-state index contributed by atoms with van der Waals surface area (Å²) in [5.74, 6) is 0. The molecule has 0 spiro atoms. The van der Waals surface area contributed by atoms with Gasteiger partial charge in [0.15, 0.2) is 5.16 Å². The zero-order valence-corrected chi connectivity index (χ0v) is 11.7. The average molecular weight is 262 g/mol. The van der Waals surface area contributed by atoms with Gasteiger partial charge in [-0.15, -0.1) is 10.2 Å². The highest BCUT2D eigenvalue weighted by Crippen LogP contribution is 2.27. The minimum Gasteiger partial charge on any atom is -0.328 e. The number of rotatable bonds is 4. The Morgan fingerprint density at radius 2 is 2.22 bits per heavy atom. The third-order valence-corrected chi connectivity index (χ3v) is 3.78. The summed E-state index contributed by atoms with van der Waals surface area (Å²) in [6.45, 7) is 4.15. The molecule has 1 aromatic heterocycles. The zero-order valence-electron chi connectivity index (χ0n) is 10.9.